The number of ether oxygens (including phenoxy) is 1. The molecule has 0 aliphatic heterocycles. The van der Waals surface area contributed by atoms with Crippen molar-refractivity contribution in [3.05, 3.63) is 49.3 Å². The number of carbonyl (C=O) groups is 1. The number of aromatic nitrogens is 8. The normalized spacial score (nSPS) is 11.3. The molecule has 0 aromatic carbocycles. The molecular weight excluding hydrogens is 424 g/mol. The number of rotatable bonds is 8. The summed E-state index contributed by atoms with van der Waals surface area (Å²) in [6, 6.07) is 1.71. The van der Waals surface area contributed by atoms with Crippen LogP contribution in [0.5, 0.6) is 0 Å². The molecule has 31 heavy (non-hydrogen) atoms. The van der Waals surface area contributed by atoms with E-state index in [1.807, 2.05) is 13.8 Å². The first kappa shape index (κ1) is 20.7. The van der Waals surface area contributed by atoms with Gasteiger partial charge in [-0.05, 0) is 35.2 Å². The van der Waals surface area contributed by atoms with Crippen molar-refractivity contribution in [2.24, 2.45) is 0 Å². The van der Waals surface area contributed by atoms with Gasteiger partial charge in [0.25, 0.3) is 5.56 Å². The molecule has 4 aromatic rings. The lowest BCUT2D eigenvalue weighted by atomic mass is 10.3. The molecule has 0 spiro atoms. The number of aromatic amines is 1. The molecule has 0 saturated heterocycles. The van der Waals surface area contributed by atoms with Crippen LogP contribution in [0.2, 0.25) is 0 Å². The third kappa shape index (κ3) is 3.79. The molecule has 162 valence electrons. The molecule has 4 rings (SSSR count). The number of imidazole rings is 1. The Morgan fingerprint density at radius 3 is 2.81 bits per heavy atom. The largest absolute Gasteiger partial charge is 0.453 e. The fourth-order valence-electron chi connectivity index (χ4n) is 3.30. The smallest absolute Gasteiger partial charge is 0.351 e. The molecule has 0 fully saturated rings. The van der Waals surface area contributed by atoms with E-state index in [0.29, 0.717) is 35.1 Å². The van der Waals surface area contributed by atoms with Gasteiger partial charge in [0.1, 0.15) is 23.6 Å². The highest BCUT2D eigenvalue weighted by Crippen LogP contribution is 2.22. The number of hydrogen-bond acceptors (Lipinski definition) is 9. The minimum absolute atomic E-state index is 0.157. The van der Waals surface area contributed by atoms with Crippen LogP contribution in [0.3, 0.4) is 0 Å². The van der Waals surface area contributed by atoms with E-state index in [4.69, 9.17) is 4.74 Å². The lowest BCUT2D eigenvalue weighted by Gasteiger charge is -2.07. The molecular formula is C18H20N8O4S. The third-order valence-electron chi connectivity index (χ3n) is 4.77. The molecule has 4 aromatic heterocycles. The van der Waals surface area contributed by atoms with Gasteiger partial charge in [-0.3, -0.25) is 14.3 Å². The second kappa shape index (κ2) is 8.63. The quantitative estimate of drug-likeness (QED) is 0.398. The summed E-state index contributed by atoms with van der Waals surface area (Å²) >= 11 is 1.20. The zero-order chi connectivity index (χ0) is 22.0. The van der Waals surface area contributed by atoms with Gasteiger partial charge in [-0.25, -0.2) is 14.6 Å². The van der Waals surface area contributed by atoms with Crippen molar-refractivity contribution in [3.63, 3.8) is 0 Å². The van der Waals surface area contributed by atoms with E-state index in [2.05, 4.69) is 25.5 Å². The minimum atomic E-state index is -0.563. The SMILES string of the molecule is CCCCn1c(=O)[nH]c(=O)c2c1nc(COC(=O)c1sccc1-n1cnnn1)n2CC. The minimum Gasteiger partial charge on any atom is -0.453 e. The van der Waals surface area contributed by atoms with Crippen molar-refractivity contribution in [1.29, 1.82) is 0 Å². The number of thiophene rings is 1. The van der Waals surface area contributed by atoms with E-state index in [0.717, 1.165) is 12.8 Å². The van der Waals surface area contributed by atoms with Crippen molar-refractivity contribution in [2.75, 3.05) is 0 Å². The van der Waals surface area contributed by atoms with Gasteiger partial charge < -0.3 is 9.30 Å². The number of hydrogen-bond donors (Lipinski definition) is 1. The standard InChI is InChI=1S/C18H20N8O4S/c1-3-5-7-25-15-13(16(27)21-18(25)29)24(4-2)12(20-15)9-30-17(28)14-11(6-8-31-14)26-10-19-22-23-26/h6,8,10H,3-5,7,9H2,1-2H3,(H,21,27,29). The summed E-state index contributed by atoms with van der Waals surface area (Å²) in [7, 11) is 0. The van der Waals surface area contributed by atoms with E-state index in [1.165, 1.54) is 26.9 Å². The molecule has 0 unspecified atom stereocenters. The van der Waals surface area contributed by atoms with Gasteiger partial charge in [-0.15, -0.1) is 16.4 Å². The Morgan fingerprint density at radius 2 is 2.10 bits per heavy atom. The van der Waals surface area contributed by atoms with Gasteiger partial charge in [-0.2, -0.15) is 4.68 Å². The van der Waals surface area contributed by atoms with Crippen LogP contribution in [0.25, 0.3) is 16.9 Å². The van der Waals surface area contributed by atoms with Crippen molar-refractivity contribution in [3.8, 4) is 5.69 Å². The molecule has 0 aliphatic carbocycles. The monoisotopic (exact) mass is 444 g/mol. The number of tetrazole rings is 1. The van der Waals surface area contributed by atoms with E-state index >= 15 is 0 Å². The summed E-state index contributed by atoms with van der Waals surface area (Å²) in [4.78, 5) is 44.6. The molecule has 0 bridgehead atoms. The molecule has 0 saturated carbocycles. The number of nitrogens with one attached hydrogen (secondary N) is 1. The lowest BCUT2D eigenvalue weighted by Crippen LogP contribution is -2.31. The Balaban J connectivity index is 1.66. The molecule has 4 heterocycles. The van der Waals surface area contributed by atoms with Crippen molar-refractivity contribution < 1.29 is 9.53 Å². The number of fused-ring (bicyclic) bond motifs is 1. The van der Waals surface area contributed by atoms with Gasteiger partial charge in [-0.1, -0.05) is 13.3 Å². The fraction of sp³-hybridized carbons (Fsp3) is 0.389. The van der Waals surface area contributed by atoms with E-state index in [9.17, 15) is 14.4 Å². The lowest BCUT2D eigenvalue weighted by molar-refractivity contribution is 0.0464. The maximum Gasteiger partial charge on any atom is 0.351 e. The van der Waals surface area contributed by atoms with E-state index in [-0.39, 0.29) is 12.1 Å². The van der Waals surface area contributed by atoms with Gasteiger partial charge >= 0.3 is 11.7 Å². The first-order valence-electron chi connectivity index (χ1n) is 9.75. The van der Waals surface area contributed by atoms with Gasteiger partial charge in [0, 0.05) is 13.1 Å². The number of aryl methyl sites for hydroxylation is 2. The molecule has 12 nitrogen and oxygen atoms in total. The summed E-state index contributed by atoms with van der Waals surface area (Å²) in [5.74, 6) is -0.180. The summed E-state index contributed by atoms with van der Waals surface area (Å²) in [6.07, 6.45) is 3.04. The molecule has 0 aliphatic rings. The van der Waals surface area contributed by atoms with Gasteiger partial charge in [0.15, 0.2) is 11.2 Å². The molecule has 0 atom stereocenters. The predicted octanol–water partition coefficient (Wildman–Crippen LogP) is 1.10. The Kier molecular flexibility index (Phi) is 5.75. The maximum atomic E-state index is 12.7. The first-order chi connectivity index (χ1) is 15.0. The average Bonchev–Trinajstić information content (AvgIpc) is 3.50. The van der Waals surface area contributed by atoms with Crippen LogP contribution < -0.4 is 11.2 Å². The van der Waals surface area contributed by atoms with Gasteiger partial charge in [0.05, 0.1) is 5.69 Å². The van der Waals surface area contributed by atoms with Crippen LogP contribution in [-0.4, -0.2) is 45.3 Å². The van der Waals surface area contributed by atoms with Crippen LogP contribution >= 0.6 is 11.3 Å². The number of H-pyrrole nitrogens is 1. The molecule has 1 N–H and O–H groups in total. The molecule has 13 heteroatoms. The van der Waals surface area contributed by atoms with Crippen LogP contribution in [0.4, 0.5) is 0 Å². The number of nitrogens with zero attached hydrogens (tertiary/aromatic N) is 7. The Bertz CT molecular complexity index is 1330. The average molecular weight is 444 g/mol. The topological polar surface area (TPSA) is 143 Å². The molecule has 0 amide bonds. The zero-order valence-corrected chi connectivity index (χ0v) is 17.8. The van der Waals surface area contributed by atoms with Gasteiger partial charge in [0.2, 0.25) is 0 Å². The van der Waals surface area contributed by atoms with Crippen LogP contribution in [0.15, 0.2) is 27.4 Å². The molecule has 0 radical (unpaired) electrons. The summed E-state index contributed by atoms with van der Waals surface area (Å²) in [5.41, 5.74) is 0.0722. The Labute approximate surface area is 179 Å². The predicted molar refractivity (Wildman–Crippen MR) is 111 cm³/mol. The third-order valence-corrected chi connectivity index (χ3v) is 5.66. The number of esters is 1. The highest BCUT2D eigenvalue weighted by atomic mass is 32.1. The summed E-state index contributed by atoms with van der Waals surface area (Å²) in [5, 5.41) is 12.7. The van der Waals surface area contributed by atoms with E-state index < -0.39 is 17.2 Å². The van der Waals surface area contributed by atoms with E-state index in [1.54, 1.807) is 16.0 Å². The highest BCUT2D eigenvalue weighted by molar-refractivity contribution is 7.12. The Hall–Kier alpha value is -3.61. The zero-order valence-electron chi connectivity index (χ0n) is 16.9. The van der Waals surface area contributed by atoms with Crippen molar-refractivity contribution in [2.45, 2.75) is 46.4 Å². The Morgan fingerprint density at radius 1 is 1.26 bits per heavy atom. The van der Waals surface area contributed by atoms with Crippen molar-refractivity contribution >= 4 is 28.5 Å². The van der Waals surface area contributed by atoms with Crippen molar-refractivity contribution in [1.82, 2.24) is 39.3 Å². The second-order valence-electron chi connectivity index (χ2n) is 6.67. The second-order valence-corrected chi connectivity index (χ2v) is 7.59. The maximum absolute atomic E-state index is 12.7. The van der Waals surface area contributed by atoms with Crippen LogP contribution in [0.1, 0.15) is 42.2 Å². The highest BCUT2D eigenvalue weighted by Gasteiger charge is 2.21. The van der Waals surface area contributed by atoms with Crippen LogP contribution in [-0.2, 0) is 24.4 Å². The van der Waals surface area contributed by atoms with Crippen LogP contribution in [0, 0.1) is 0 Å². The first-order valence-corrected chi connectivity index (χ1v) is 10.6. The number of unbranched alkanes of at least 4 members (excludes halogenated alkanes) is 1. The number of carbonyl (C=O) groups excluding carboxylic acids is 1. The summed E-state index contributed by atoms with van der Waals surface area (Å²) < 4.78 is 9.96. The summed E-state index contributed by atoms with van der Waals surface area (Å²) in [6.45, 7) is 4.57. The fourth-order valence-corrected chi connectivity index (χ4v) is 4.07.